The molecule has 0 radical (unpaired) electrons. The molecule has 0 unspecified atom stereocenters. The Morgan fingerprint density at radius 1 is 0.706 bits per heavy atom. The van der Waals surface area contributed by atoms with Crippen molar-refractivity contribution in [2.75, 3.05) is 28.4 Å². The predicted octanol–water partition coefficient (Wildman–Crippen LogP) is 5.49. The lowest BCUT2D eigenvalue weighted by Crippen LogP contribution is -2.10. The highest BCUT2D eigenvalue weighted by Crippen LogP contribution is 2.39. The topological polar surface area (TPSA) is 80.3 Å². The van der Waals surface area contributed by atoms with Crippen molar-refractivity contribution in [2.45, 2.75) is 0 Å². The number of halogens is 1. The van der Waals surface area contributed by atoms with E-state index in [1.165, 1.54) is 46.6 Å². The van der Waals surface area contributed by atoms with E-state index in [-0.39, 0.29) is 17.1 Å². The lowest BCUT2D eigenvalue weighted by atomic mass is 10.1. The first-order valence-electron chi connectivity index (χ1n) is 10.1. The number of benzene rings is 3. The minimum atomic E-state index is -0.640. The zero-order chi connectivity index (χ0) is 24.7. The molecular weight excluding hydrogens is 460 g/mol. The molecule has 7 nitrogen and oxygen atoms in total. The van der Waals surface area contributed by atoms with Gasteiger partial charge in [0.15, 0.2) is 28.8 Å². The molecule has 3 aromatic rings. The van der Waals surface area contributed by atoms with Gasteiger partial charge >= 0.3 is 5.97 Å². The Bertz CT molecular complexity index is 1190. The van der Waals surface area contributed by atoms with Crippen molar-refractivity contribution in [3.05, 3.63) is 82.4 Å². The minimum absolute atomic E-state index is 0.173. The summed E-state index contributed by atoms with van der Waals surface area (Å²) in [6, 6.07) is 14.6. The van der Waals surface area contributed by atoms with Gasteiger partial charge in [0.25, 0.3) is 0 Å². The number of carbonyl (C=O) groups is 2. The van der Waals surface area contributed by atoms with Gasteiger partial charge in [-0.15, -0.1) is 0 Å². The van der Waals surface area contributed by atoms with Crippen LogP contribution in [0.2, 0.25) is 5.02 Å². The predicted molar refractivity (Wildman–Crippen MR) is 129 cm³/mol. The first-order chi connectivity index (χ1) is 16.4. The summed E-state index contributed by atoms with van der Waals surface area (Å²) in [5.74, 6) is 0.734. The molecule has 0 saturated heterocycles. The van der Waals surface area contributed by atoms with Crippen LogP contribution in [0.1, 0.15) is 26.3 Å². The van der Waals surface area contributed by atoms with Crippen molar-refractivity contribution >= 4 is 29.4 Å². The Morgan fingerprint density at radius 2 is 1.32 bits per heavy atom. The third-order valence-corrected chi connectivity index (χ3v) is 5.10. The Labute approximate surface area is 202 Å². The molecule has 0 saturated carbocycles. The van der Waals surface area contributed by atoms with Gasteiger partial charge in [0, 0.05) is 10.6 Å². The lowest BCUT2D eigenvalue weighted by molar-refractivity contribution is 0.0728. The summed E-state index contributed by atoms with van der Waals surface area (Å²) in [6.07, 6.45) is 3.09. The number of ether oxygens (including phenoxy) is 5. The summed E-state index contributed by atoms with van der Waals surface area (Å²) in [6.45, 7) is 0. The van der Waals surface area contributed by atoms with E-state index in [9.17, 15) is 9.59 Å². The minimum Gasteiger partial charge on any atom is -0.493 e. The summed E-state index contributed by atoms with van der Waals surface area (Å²) in [5.41, 5.74) is 1.41. The van der Waals surface area contributed by atoms with Gasteiger partial charge in [0.2, 0.25) is 5.75 Å². The molecule has 0 spiro atoms. The second-order valence-electron chi connectivity index (χ2n) is 6.92. The van der Waals surface area contributed by atoms with Crippen LogP contribution in [0.4, 0.5) is 0 Å². The highest BCUT2D eigenvalue weighted by Gasteiger charge is 2.19. The van der Waals surface area contributed by atoms with Crippen LogP contribution in [0.5, 0.6) is 28.7 Å². The zero-order valence-corrected chi connectivity index (χ0v) is 19.8. The summed E-state index contributed by atoms with van der Waals surface area (Å²) in [4.78, 5) is 25.1. The van der Waals surface area contributed by atoms with Gasteiger partial charge in [-0.05, 0) is 60.2 Å². The van der Waals surface area contributed by atoms with Crippen LogP contribution < -0.4 is 23.7 Å². The van der Waals surface area contributed by atoms with Gasteiger partial charge in [0.1, 0.15) is 0 Å². The SMILES string of the molecule is COc1cc(C=CC(=O)c2ccc(Cl)cc2)ccc1OC(=O)c1cc(OC)c(OC)c(OC)c1. The van der Waals surface area contributed by atoms with E-state index >= 15 is 0 Å². The fourth-order valence-corrected chi connectivity index (χ4v) is 3.24. The molecule has 176 valence electrons. The molecule has 8 heteroatoms. The molecule has 0 N–H and O–H groups in total. The quantitative estimate of drug-likeness (QED) is 0.173. The number of carbonyl (C=O) groups excluding carboxylic acids is 2. The molecular formula is C26H23ClO7. The number of hydrogen-bond donors (Lipinski definition) is 0. The molecule has 0 aliphatic rings. The Kier molecular flexibility index (Phi) is 8.16. The van der Waals surface area contributed by atoms with Crippen molar-refractivity contribution in [3.8, 4) is 28.7 Å². The number of rotatable bonds is 9. The molecule has 0 amide bonds. The molecule has 0 aliphatic carbocycles. The van der Waals surface area contributed by atoms with Gasteiger partial charge in [-0.25, -0.2) is 4.79 Å². The van der Waals surface area contributed by atoms with Crippen molar-refractivity contribution in [2.24, 2.45) is 0 Å². The van der Waals surface area contributed by atoms with Crippen molar-refractivity contribution < 1.29 is 33.3 Å². The van der Waals surface area contributed by atoms with Crippen LogP contribution in [-0.4, -0.2) is 40.2 Å². The Morgan fingerprint density at radius 3 is 1.88 bits per heavy atom. The van der Waals surface area contributed by atoms with E-state index < -0.39 is 5.97 Å². The van der Waals surface area contributed by atoms with E-state index in [2.05, 4.69) is 0 Å². The second kappa shape index (κ2) is 11.2. The van der Waals surface area contributed by atoms with Gasteiger partial charge in [-0.1, -0.05) is 23.7 Å². The normalized spacial score (nSPS) is 10.6. The molecule has 0 bridgehead atoms. The molecule has 0 aliphatic heterocycles. The first-order valence-corrected chi connectivity index (χ1v) is 10.5. The maximum atomic E-state index is 12.8. The summed E-state index contributed by atoms with van der Waals surface area (Å²) < 4.78 is 26.8. The number of methoxy groups -OCH3 is 4. The third kappa shape index (κ3) is 5.68. The average molecular weight is 483 g/mol. The number of ketones is 1. The van der Waals surface area contributed by atoms with Crippen LogP contribution in [0, 0.1) is 0 Å². The van der Waals surface area contributed by atoms with Crippen molar-refractivity contribution in [1.82, 2.24) is 0 Å². The maximum absolute atomic E-state index is 12.8. The van der Waals surface area contributed by atoms with E-state index in [1.54, 1.807) is 48.5 Å². The van der Waals surface area contributed by atoms with Gasteiger partial charge in [-0.2, -0.15) is 0 Å². The van der Waals surface area contributed by atoms with Gasteiger partial charge in [-0.3, -0.25) is 4.79 Å². The van der Waals surface area contributed by atoms with Crippen LogP contribution in [0.3, 0.4) is 0 Å². The largest absolute Gasteiger partial charge is 0.493 e. The maximum Gasteiger partial charge on any atom is 0.343 e. The monoisotopic (exact) mass is 482 g/mol. The van der Waals surface area contributed by atoms with E-state index in [4.69, 9.17) is 35.3 Å². The summed E-state index contributed by atoms with van der Waals surface area (Å²) >= 11 is 5.86. The standard InChI is InChI=1S/C26H23ClO7/c1-30-22-13-16(5-11-20(28)17-7-9-19(27)10-8-17)6-12-21(22)34-26(29)18-14-23(31-2)25(33-4)24(15-18)32-3/h5-15H,1-4H3. The van der Waals surface area contributed by atoms with Crippen LogP contribution in [-0.2, 0) is 0 Å². The van der Waals surface area contributed by atoms with Gasteiger partial charge < -0.3 is 23.7 Å². The average Bonchev–Trinajstić information content (AvgIpc) is 2.87. The third-order valence-electron chi connectivity index (χ3n) is 4.85. The number of hydrogen-bond acceptors (Lipinski definition) is 7. The zero-order valence-electron chi connectivity index (χ0n) is 19.1. The molecule has 0 heterocycles. The molecule has 0 fully saturated rings. The fraction of sp³-hybridized carbons (Fsp3) is 0.154. The Hall–Kier alpha value is -3.97. The molecule has 3 rings (SSSR count). The summed E-state index contributed by atoms with van der Waals surface area (Å²) in [7, 11) is 5.85. The van der Waals surface area contributed by atoms with E-state index in [0.29, 0.717) is 39.1 Å². The van der Waals surface area contributed by atoms with Gasteiger partial charge in [0.05, 0.1) is 34.0 Å². The molecule has 0 atom stereocenters. The van der Waals surface area contributed by atoms with Crippen LogP contribution in [0.15, 0.2) is 60.7 Å². The van der Waals surface area contributed by atoms with Crippen molar-refractivity contribution in [1.29, 1.82) is 0 Å². The van der Waals surface area contributed by atoms with Crippen LogP contribution in [0.25, 0.3) is 6.08 Å². The van der Waals surface area contributed by atoms with Crippen molar-refractivity contribution in [3.63, 3.8) is 0 Å². The number of esters is 1. The smallest absolute Gasteiger partial charge is 0.343 e. The molecule has 34 heavy (non-hydrogen) atoms. The molecule has 3 aromatic carbocycles. The molecule has 0 aromatic heterocycles. The van der Waals surface area contributed by atoms with E-state index in [0.717, 1.165) is 0 Å². The van der Waals surface area contributed by atoms with E-state index in [1.807, 2.05) is 0 Å². The lowest BCUT2D eigenvalue weighted by Gasteiger charge is -2.14. The first kappa shape index (κ1) is 24.7. The number of allylic oxidation sites excluding steroid dienone is 1. The summed E-state index contributed by atoms with van der Waals surface area (Å²) in [5, 5.41) is 0.557. The second-order valence-corrected chi connectivity index (χ2v) is 7.35. The Balaban J connectivity index is 1.80. The highest BCUT2D eigenvalue weighted by atomic mass is 35.5. The highest BCUT2D eigenvalue weighted by molar-refractivity contribution is 6.30. The fourth-order valence-electron chi connectivity index (χ4n) is 3.11. The van der Waals surface area contributed by atoms with Crippen LogP contribution >= 0.6 is 11.6 Å².